The van der Waals surface area contributed by atoms with E-state index in [-0.39, 0.29) is 23.0 Å². The molecule has 156 valence electrons. The zero-order valence-corrected chi connectivity index (χ0v) is 17.6. The number of methoxy groups -OCH3 is 1. The molecule has 0 fully saturated rings. The Morgan fingerprint density at radius 1 is 0.867 bits per heavy atom. The summed E-state index contributed by atoms with van der Waals surface area (Å²) in [6.45, 7) is 2.58. The van der Waals surface area contributed by atoms with Crippen LogP contribution in [0.1, 0.15) is 21.5 Å². The lowest BCUT2D eigenvalue weighted by molar-refractivity contribution is 0.0991. The van der Waals surface area contributed by atoms with Crippen LogP contribution in [-0.4, -0.2) is 27.9 Å². The second kappa shape index (κ2) is 9.56. The van der Waals surface area contributed by atoms with Crippen molar-refractivity contribution in [2.75, 3.05) is 13.7 Å². The van der Waals surface area contributed by atoms with Gasteiger partial charge in [0, 0.05) is 12.1 Å². The third-order valence-corrected chi connectivity index (χ3v) is 5.73. The van der Waals surface area contributed by atoms with Gasteiger partial charge in [-0.25, -0.2) is 0 Å². The Labute approximate surface area is 176 Å². The van der Waals surface area contributed by atoms with E-state index in [4.69, 9.17) is 8.92 Å². The Bertz CT molecular complexity index is 1090. The maximum absolute atomic E-state index is 12.3. The van der Waals surface area contributed by atoms with Crippen molar-refractivity contribution in [2.45, 2.75) is 18.4 Å². The van der Waals surface area contributed by atoms with Gasteiger partial charge in [-0.15, -0.1) is 0 Å². The zero-order chi connectivity index (χ0) is 21.6. The maximum Gasteiger partial charge on any atom is 0.339 e. The largest absolute Gasteiger partial charge is 0.497 e. The van der Waals surface area contributed by atoms with E-state index in [0.717, 1.165) is 16.9 Å². The number of Topliss-reactive ketones (excluding diaryl/α,β-unsaturated/α-hetero) is 1. The minimum Gasteiger partial charge on any atom is -0.497 e. The molecule has 3 aromatic carbocycles. The summed E-state index contributed by atoms with van der Waals surface area (Å²) < 4.78 is 35.0. The van der Waals surface area contributed by atoms with Gasteiger partial charge in [0.05, 0.1) is 13.7 Å². The summed E-state index contributed by atoms with van der Waals surface area (Å²) >= 11 is 0. The lowest BCUT2D eigenvalue weighted by Crippen LogP contribution is -2.22. The van der Waals surface area contributed by atoms with Gasteiger partial charge in [-0.2, -0.15) is 8.42 Å². The molecule has 0 atom stereocenters. The molecule has 0 amide bonds. The summed E-state index contributed by atoms with van der Waals surface area (Å²) in [7, 11) is -2.31. The molecule has 0 aromatic heterocycles. The van der Waals surface area contributed by atoms with Crippen LogP contribution in [0.15, 0.2) is 77.7 Å². The Hall–Kier alpha value is -3.16. The van der Waals surface area contributed by atoms with Gasteiger partial charge in [0.2, 0.25) is 0 Å². The van der Waals surface area contributed by atoms with Gasteiger partial charge >= 0.3 is 10.1 Å². The van der Waals surface area contributed by atoms with E-state index in [1.807, 2.05) is 31.2 Å². The molecule has 0 saturated carbocycles. The van der Waals surface area contributed by atoms with E-state index < -0.39 is 10.1 Å². The molecule has 0 bridgehead atoms. The summed E-state index contributed by atoms with van der Waals surface area (Å²) in [5.41, 5.74) is 2.46. The van der Waals surface area contributed by atoms with Crippen LogP contribution >= 0.6 is 0 Å². The molecule has 0 radical (unpaired) electrons. The molecule has 0 aliphatic carbocycles. The van der Waals surface area contributed by atoms with Gasteiger partial charge in [0.25, 0.3) is 0 Å². The van der Waals surface area contributed by atoms with Crippen LogP contribution in [0, 0.1) is 6.92 Å². The highest BCUT2D eigenvalue weighted by molar-refractivity contribution is 7.87. The van der Waals surface area contributed by atoms with E-state index in [1.54, 1.807) is 31.4 Å². The summed E-state index contributed by atoms with van der Waals surface area (Å²) in [5, 5.41) is 3.10. The lowest BCUT2D eigenvalue weighted by atomic mass is 10.1. The monoisotopic (exact) mass is 425 g/mol. The van der Waals surface area contributed by atoms with Crippen LogP contribution < -0.4 is 14.2 Å². The topological polar surface area (TPSA) is 81.7 Å². The number of ketones is 1. The second-order valence-electron chi connectivity index (χ2n) is 6.75. The fraction of sp³-hybridized carbons (Fsp3) is 0.174. The van der Waals surface area contributed by atoms with Crippen LogP contribution in [-0.2, 0) is 16.7 Å². The zero-order valence-electron chi connectivity index (χ0n) is 16.8. The molecule has 3 rings (SSSR count). The number of carbonyl (C=O) groups is 1. The number of ether oxygens (including phenoxy) is 1. The molecule has 3 aromatic rings. The maximum atomic E-state index is 12.3. The van der Waals surface area contributed by atoms with Crippen molar-refractivity contribution in [3.8, 4) is 11.5 Å². The van der Waals surface area contributed by atoms with Gasteiger partial charge in [-0.3, -0.25) is 4.79 Å². The first kappa shape index (κ1) is 21.5. The number of nitrogens with one attached hydrogen (secondary N) is 1. The Morgan fingerprint density at radius 2 is 1.47 bits per heavy atom. The van der Waals surface area contributed by atoms with Crippen molar-refractivity contribution in [3.63, 3.8) is 0 Å². The van der Waals surface area contributed by atoms with Gasteiger partial charge in [-0.05, 0) is 61.0 Å². The van der Waals surface area contributed by atoms with Crippen LogP contribution in [0.5, 0.6) is 11.5 Å². The smallest absolute Gasteiger partial charge is 0.339 e. The van der Waals surface area contributed by atoms with Gasteiger partial charge in [0.1, 0.15) is 16.4 Å². The normalized spacial score (nSPS) is 11.1. The van der Waals surface area contributed by atoms with E-state index in [2.05, 4.69) is 5.32 Å². The van der Waals surface area contributed by atoms with Crippen LogP contribution in [0.4, 0.5) is 0 Å². The molecule has 0 heterocycles. The standard InChI is InChI=1S/C23H23NO5S/c1-17-3-13-22(14-4-17)30(26,27)29-21-11-7-19(8-12-21)23(25)16-24-15-18-5-9-20(28-2)10-6-18/h3-14,24H,15-16H2,1-2H3. The minimum atomic E-state index is -3.92. The average molecular weight is 426 g/mol. The van der Waals surface area contributed by atoms with Crippen molar-refractivity contribution >= 4 is 15.9 Å². The molecule has 1 N–H and O–H groups in total. The summed E-state index contributed by atoms with van der Waals surface area (Å²) in [5.74, 6) is 0.830. The van der Waals surface area contributed by atoms with Crippen LogP contribution in [0.3, 0.4) is 0 Å². The Kier molecular flexibility index (Phi) is 6.87. The fourth-order valence-corrected chi connectivity index (χ4v) is 3.67. The van der Waals surface area contributed by atoms with Crippen molar-refractivity contribution < 1.29 is 22.1 Å². The predicted octanol–water partition coefficient (Wildman–Crippen LogP) is 3.74. The first-order valence-electron chi connectivity index (χ1n) is 9.35. The summed E-state index contributed by atoms with van der Waals surface area (Å²) in [6.07, 6.45) is 0. The molecule has 7 heteroatoms. The quantitative estimate of drug-likeness (QED) is 0.415. The highest BCUT2D eigenvalue weighted by Crippen LogP contribution is 2.20. The van der Waals surface area contributed by atoms with Crippen molar-refractivity contribution in [1.29, 1.82) is 0 Å². The van der Waals surface area contributed by atoms with Gasteiger partial charge in [0.15, 0.2) is 5.78 Å². The molecular weight excluding hydrogens is 402 g/mol. The molecule has 30 heavy (non-hydrogen) atoms. The highest BCUT2D eigenvalue weighted by Gasteiger charge is 2.16. The second-order valence-corrected chi connectivity index (χ2v) is 8.30. The molecule has 0 aliphatic heterocycles. The van der Waals surface area contributed by atoms with E-state index in [9.17, 15) is 13.2 Å². The Morgan fingerprint density at radius 3 is 2.07 bits per heavy atom. The number of hydrogen-bond donors (Lipinski definition) is 1. The van der Waals surface area contributed by atoms with E-state index >= 15 is 0 Å². The molecule has 0 spiro atoms. The van der Waals surface area contributed by atoms with Crippen LogP contribution in [0.25, 0.3) is 0 Å². The SMILES string of the molecule is COc1ccc(CNCC(=O)c2ccc(OS(=O)(=O)c3ccc(C)cc3)cc2)cc1. The van der Waals surface area contributed by atoms with Crippen molar-refractivity contribution in [3.05, 3.63) is 89.5 Å². The third kappa shape index (κ3) is 5.68. The van der Waals surface area contributed by atoms with Gasteiger partial charge in [-0.1, -0.05) is 29.8 Å². The number of benzene rings is 3. The first-order chi connectivity index (χ1) is 14.4. The molecule has 0 saturated heterocycles. The molecule has 0 aliphatic rings. The Balaban J connectivity index is 1.55. The third-order valence-electron chi connectivity index (χ3n) is 4.47. The number of rotatable bonds is 9. The van der Waals surface area contributed by atoms with Crippen LogP contribution in [0.2, 0.25) is 0 Å². The van der Waals surface area contributed by atoms with Crippen molar-refractivity contribution in [1.82, 2.24) is 5.32 Å². The predicted molar refractivity (Wildman–Crippen MR) is 114 cm³/mol. The summed E-state index contributed by atoms with van der Waals surface area (Å²) in [4.78, 5) is 12.4. The van der Waals surface area contributed by atoms with E-state index in [1.165, 1.54) is 24.3 Å². The van der Waals surface area contributed by atoms with Gasteiger partial charge < -0.3 is 14.2 Å². The molecule has 6 nitrogen and oxygen atoms in total. The highest BCUT2D eigenvalue weighted by atomic mass is 32.2. The minimum absolute atomic E-state index is 0.0796. The lowest BCUT2D eigenvalue weighted by Gasteiger charge is -2.08. The number of hydrogen-bond acceptors (Lipinski definition) is 6. The molecular formula is C23H23NO5S. The number of carbonyl (C=O) groups excluding carboxylic acids is 1. The first-order valence-corrected chi connectivity index (χ1v) is 10.8. The van der Waals surface area contributed by atoms with E-state index in [0.29, 0.717) is 12.1 Å². The van der Waals surface area contributed by atoms with Crippen molar-refractivity contribution in [2.24, 2.45) is 0 Å². The fourth-order valence-electron chi connectivity index (χ4n) is 2.74. The number of aryl methyl sites for hydroxylation is 1. The molecule has 0 unspecified atom stereocenters. The summed E-state index contributed by atoms with van der Waals surface area (Å²) in [6, 6.07) is 20.0. The average Bonchev–Trinajstić information content (AvgIpc) is 2.74.